The van der Waals surface area contributed by atoms with Crippen LogP contribution in [0.5, 0.6) is 11.5 Å². The first-order valence-electron chi connectivity index (χ1n) is 7.11. The summed E-state index contributed by atoms with van der Waals surface area (Å²) in [6.45, 7) is 1.09. The minimum Gasteiger partial charge on any atom is -0.454 e. The Morgan fingerprint density at radius 1 is 1.30 bits per heavy atom. The van der Waals surface area contributed by atoms with Crippen LogP contribution in [-0.4, -0.2) is 41.9 Å². The van der Waals surface area contributed by atoms with E-state index >= 15 is 0 Å². The largest absolute Gasteiger partial charge is 0.454 e. The van der Waals surface area contributed by atoms with Crippen LogP contribution in [-0.2, 0) is 0 Å². The van der Waals surface area contributed by atoms with E-state index in [-0.39, 0.29) is 25.3 Å². The molecule has 1 unspecified atom stereocenters. The van der Waals surface area contributed by atoms with Gasteiger partial charge in [0, 0.05) is 24.8 Å². The molecule has 3 rings (SSSR count). The first-order valence-corrected chi connectivity index (χ1v) is 7.11. The number of nitrogens with zero attached hydrogens (tertiary/aromatic N) is 1. The van der Waals surface area contributed by atoms with Crippen molar-refractivity contribution < 1.29 is 19.4 Å². The Balaban J connectivity index is 1.80. The van der Waals surface area contributed by atoms with Gasteiger partial charge in [0.2, 0.25) is 6.79 Å². The average molecular weight is 277 g/mol. The van der Waals surface area contributed by atoms with Gasteiger partial charge in [0.25, 0.3) is 5.91 Å². The highest BCUT2D eigenvalue weighted by atomic mass is 16.7. The van der Waals surface area contributed by atoms with Crippen molar-refractivity contribution in [2.24, 2.45) is 0 Å². The van der Waals surface area contributed by atoms with Crippen molar-refractivity contribution in [2.75, 3.05) is 19.9 Å². The number of rotatable bonds is 3. The molecule has 0 saturated carbocycles. The molecule has 108 valence electrons. The molecule has 2 aliphatic rings. The normalized spacial score (nSPS) is 21.1. The number of carbonyl (C=O) groups excluding carboxylic acids is 1. The third kappa shape index (κ3) is 2.45. The zero-order valence-corrected chi connectivity index (χ0v) is 11.4. The molecule has 0 aromatic heterocycles. The third-order valence-corrected chi connectivity index (χ3v) is 3.97. The van der Waals surface area contributed by atoms with Crippen LogP contribution in [0.1, 0.15) is 36.0 Å². The summed E-state index contributed by atoms with van der Waals surface area (Å²) in [5.41, 5.74) is 0.624. The average Bonchev–Trinajstić information content (AvgIpc) is 2.95. The maximum atomic E-state index is 12.6. The van der Waals surface area contributed by atoms with E-state index in [9.17, 15) is 4.79 Å². The van der Waals surface area contributed by atoms with Gasteiger partial charge in [-0.15, -0.1) is 0 Å². The summed E-state index contributed by atoms with van der Waals surface area (Å²) in [6.07, 6.45) is 3.76. The fourth-order valence-corrected chi connectivity index (χ4v) is 2.91. The van der Waals surface area contributed by atoms with Crippen molar-refractivity contribution in [1.82, 2.24) is 4.90 Å². The quantitative estimate of drug-likeness (QED) is 0.915. The highest BCUT2D eigenvalue weighted by Crippen LogP contribution is 2.33. The molecule has 2 aliphatic heterocycles. The molecule has 20 heavy (non-hydrogen) atoms. The van der Waals surface area contributed by atoms with Crippen molar-refractivity contribution in [3.8, 4) is 11.5 Å². The zero-order chi connectivity index (χ0) is 13.9. The second-order valence-electron chi connectivity index (χ2n) is 5.23. The first kappa shape index (κ1) is 13.2. The topological polar surface area (TPSA) is 59.0 Å². The molecular formula is C15H19NO4. The number of aliphatic hydroxyl groups is 1. The van der Waals surface area contributed by atoms with Gasteiger partial charge in [-0.05, 0) is 43.9 Å². The number of benzene rings is 1. The van der Waals surface area contributed by atoms with Crippen LogP contribution in [0.25, 0.3) is 0 Å². The van der Waals surface area contributed by atoms with Crippen molar-refractivity contribution in [1.29, 1.82) is 0 Å². The predicted molar refractivity (Wildman–Crippen MR) is 72.9 cm³/mol. The summed E-state index contributed by atoms with van der Waals surface area (Å²) < 4.78 is 10.6. The maximum absolute atomic E-state index is 12.6. The Labute approximate surface area is 118 Å². The number of fused-ring (bicyclic) bond motifs is 1. The summed E-state index contributed by atoms with van der Waals surface area (Å²) in [6, 6.07) is 5.45. The zero-order valence-electron chi connectivity index (χ0n) is 11.4. The van der Waals surface area contributed by atoms with Gasteiger partial charge in [-0.3, -0.25) is 4.79 Å². The molecule has 1 atom stereocenters. The molecule has 1 fully saturated rings. The lowest BCUT2D eigenvalue weighted by Gasteiger charge is -2.35. The van der Waals surface area contributed by atoms with E-state index in [2.05, 4.69) is 0 Å². The van der Waals surface area contributed by atoms with Crippen molar-refractivity contribution >= 4 is 5.91 Å². The molecule has 1 aromatic carbocycles. The lowest BCUT2D eigenvalue weighted by Crippen LogP contribution is -2.44. The van der Waals surface area contributed by atoms with Crippen LogP contribution < -0.4 is 9.47 Å². The second kappa shape index (κ2) is 5.71. The molecular weight excluding hydrogens is 258 g/mol. The van der Waals surface area contributed by atoms with E-state index in [1.54, 1.807) is 18.2 Å². The molecule has 2 heterocycles. The number of likely N-dealkylation sites (tertiary alicyclic amines) is 1. The fourth-order valence-electron chi connectivity index (χ4n) is 2.91. The highest BCUT2D eigenvalue weighted by molar-refractivity contribution is 5.95. The summed E-state index contributed by atoms with van der Waals surface area (Å²) in [4.78, 5) is 14.5. The smallest absolute Gasteiger partial charge is 0.254 e. The van der Waals surface area contributed by atoms with Gasteiger partial charge < -0.3 is 19.5 Å². The Kier molecular flexibility index (Phi) is 3.78. The lowest BCUT2D eigenvalue weighted by atomic mass is 9.98. The van der Waals surface area contributed by atoms with Gasteiger partial charge in [0.05, 0.1) is 0 Å². The SMILES string of the molecule is O=C(c1ccc2c(c1)OCO2)N1CCCCC1CCO. The number of carbonyl (C=O) groups is 1. The number of hydrogen-bond donors (Lipinski definition) is 1. The molecule has 0 bridgehead atoms. The standard InChI is InChI=1S/C15H19NO4/c17-8-6-12-3-1-2-7-16(12)15(18)11-4-5-13-14(9-11)20-10-19-13/h4-5,9,12,17H,1-3,6-8,10H2. The van der Waals surface area contributed by atoms with Crippen LogP contribution in [0.2, 0.25) is 0 Å². The van der Waals surface area contributed by atoms with Gasteiger partial charge in [0.1, 0.15) is 0 Å². The molecule has 0 aliphatic carbocycles. The molecule has 0 radical (unpaired) electrons. The van der Waals surface area contributed by atoms with Crippen LogP contribution in [0, 0.1) is 0 Å². The number of ether oxygens (including phenoxy) is 2. The second-order valence-corrected chi connectivity index (χ2v) is 5.23. The third-order valence-electron chi connectivity index (χ3n) is 3.97. The first-order chi connectivity index (χ1) is 9.79. The van der Waals surface area contributed by atoms with E-state index in [1.807, 2.05) is 4.90 Å². The molecule has 1 aromatic rings. The minimum atomic E-state index is 0.0152. The molecule has 1 saturated heterocycles. The summed E-state index contributed by atoms with van der Waals surface area (Å²) >= 11 is 0. The number of hydrogen-bond acceptors (Lipinski definition) is 4. The Hall–Kier alpha value is -1.75. The van der Waals surface area contributed by atoms with E-state index in [4.69, 9.17) is 14.6 Å². The molecule has 1 N–H and O–H groups in total. The number of piperidine rings is 1. The van der Waals surface area contributed by atoms with Gasteiger partial charge in [0.15, 0.2) is 11.5 Å². The van der Waals surface area contributed by atoms with Crippen LogP contribution in [0.3, 0.4) is 0 Å². The van der Waals surface area contributed by atoms with E-state index in [0.29, 0.717) is 23.5 Å². The van der Waals surface area contributed by atoms with Crippen molar-refractivity contribution in [3.63, 3.8) is 0 Å². The predicted octanol–water partition coefficient (Wildman–Crippen LogP) is 1.79. The van der Waals surface area contributed by atoms with Crippen LogP contribution >= 0.6 is 0 Å². The van der Waals surface area contributed by atoms with Crippen molar-refractivity contribution in [3.05, 3.63) is 23.8 Å². The Bertz CT molecular complexity index is 501. The summed E-state index contributed by atoms with van der Waals surface area (Å²) in [5, 5.41) is 9.14. The molecule has 5 heteroatoms. The van der Waals surface area contributed by atoms with Gasteiger partial charge >= 0.3 is 0 Å². The van der Waals surface area contributed by atoms with Gasteiger partial charge in [-0.25, -0.2) is 0 Å². The summed E-state index contributed by atoms with van der Waals surface area (Å²) in [5.74, 6) is 1.33. The van der Waals surface area contributed by atoms with Gasteiger partial charge in [-0.2, -0.15) is 0 Å². The number of amides is 1. The maximum Gasteiger partial charge on any atom is 0.254 e. The minimum absolute atomic E-state index is 0.0152. The van der Waals surface area contributed by atoms with Crippen LogP contribution in [0.4, 0.5) is 0 Å². The number of aliphatic hydroxyl groups excluding tert-OH is 1. The Morgan fingerprint density at radius 2 is 2.15 bits per heavy atom. The molecule has 1 amide bonds. The Morgan fingerprint density at radius 3 is 3.00 bits per heavy atom. The fraction of sp³-hybridized carbons (Fsp3) is 0.533. The summed E-state index contributed by atoms with van der Waals surface area (Å²) in [7, 11) is 0. The monoisotopic (exact) mass is 277 g/mol. The van der Waals surface area contributed by atoms with E-state index < -0.39 is 0 Å². The molecule has 5 nitrogen and oxygen atoms in total. The van der Waals surface area contributed by atoms with Crippen molar-refractivity contribution in [2.45, 2.75) is 31.7 Å². The van der Waals surface area contributed by atoms with E-state index in [1.165, 1.54) is 0 Å². The van der Waals surface area contributed by atoms with Gasteiger partial charge in [-0.1, -0.05) is 0 Å². The highest BCUT2D eigenvalue weighted by Gasteiger charge is 2.28. The lowest BCUT2D eigenvalue weighted by molar-refractivity contribution is 0.0574. The van der Waals surface area contributed by atoms with Crippen LogP contribution in [0.15, 0.2) is 18.2 Å². The molecule has 0 spiro atoms. The van der Waals surface area contributed by atoms with E-state index in [0.717, 1.165) is 25.8 Å².